The van der Waals surface area contributed by atoms with Gasteiger partial charge < -0.3 is 0 Å². The first kappa shape index (κ1) is 18.7. The Hall–Kier alpha value is -3.07. The van der Waals surface area contributed by atoms with Crippen LogP contribution in [0.15, 0.2) is 41.5 Å². The SMILES string of the molecule is O=[N+]([O-])c1ccc(C2CCCC/C2=N\Nc2cccc(Cl)n2)c([N+](=O)[O-])c1. The van der Waals surface area contributed by atoms with E-state index < -0.39 is 9.85 Å². The summed E-state index contributed by atoms with van der Waals surface area (Å²) >= 11 is 5.86. The van der Waals surface area contributed by atoms with Crippen molar-refractivity contribution in [1.29, 1.82) is 0 Å². The molecule has 1 atom stereocenters. The second kappa shape index (κ2) is 8.09. The third-order valence-corrected chi connectivity index (χ3v) is 4.61. The Morgan fingerprint density at radius 3 is 2.67 bits per heavy atom. The molecule has 0 aliphatic heterocycles. The number of nitrogens with zero attached hydrogens (tertiary/aromatic N) is 4. The quantitative estimate of drug-likeness (QED) is 0.450. The normalized spacial score (nSPS) is 18.3. The van der Waals surface area contributed by atoms with Crippen LogP contribution in [0.25, 0.3) is 0 Å². The molecule has 1 aliphatic rings. The van der Waals surface area contributed by atoms with Crippen LogP contribution in [0.2, 0.25) is 5.15 Å². The first-order valence-corrected chi connectivity index (χ1v) is 8.71. The highest BCUT2D eigenvalue weighted by atomic mass is 35.5. The summed E-state index contributed by atoms with van der Waals surface area (Å²) in [5.41, 5.74) is 3.47. The number of hydrazone groups is 1. The van der Waals surface area contributed by atoms with E-state index in [1.54, 1.807) is 18.2 Å². The highest BCUT2D eigenvalue weighted by molar-refractivity contribution is 6.29. The largest absolute Gasteiger partial charge is 0.280 e. The maximum absolute atomic E-state index is 11.5. The molecule has 140 valence electrons. The van der Waals surface area contributed by atoms with E-state index in [4.69, 9.17) is 11.6 Å². The molecule has 9 nitrogen and oxygen atoms in total. The third kappa shape index (κ3) is 4.37. The van der Waals surface area contributed by atoms with E-state index in [0.29, 0.717) is 29.4 Å². The lowest BCUT2D eigenvalue weighted by Crippen LogP contribution is -2.20. The smallest absolute Gasteiger partial charge is 0.261 e. The van der Waals surface area contributed by atoms with Gasteiger partial charge in [0.1, 0.15) is 11.0 Å². The van der Waals surface area contributed by atoms with Crippen molar-refractivity contribution in [2.75, 3.05) is 5.43 Å². The van der Waals surface area contributed by atoms with Gasteiger partial charge in [-0.05, 0) is 37.5 Å². The van der Waals surface area contributed by atoms with Gasteiger partial charge in [0.25, 0.3) is 11.4 Å². The summed E-state index contributed by atoms with van der Waals surface area (Å²) < 4.78 is 0. The number of anilines is 1. The molecule has 10 heteroatoms. The molecule has 1 N–H and O–H groups in total. The van der Waals surface area contributed by atoms with Crippen molar-refractivity contribution < 1.29 is 9.85 Å². The number of rotatable bonds is 5. The lowest BCUT2D eigenvalue weighted by Gasteiger charge is -2.24. The number of benzene rings is 1. The number of nitro benzene ring substituents is 2. The van der Waals surface area contributed by atoms with Crippen LogP contribution in [0, 0.1) is 20.2 Å². The van der Waals surface area contributed by atoms with E-state index in [9.17, 15) is 20.2 Å². The van der Waals surface area contributed by atoms with Gasteiger partial charge in [-0.3, -0.25) is 25.7 Å². The molecule has 1 saturated carbocycles. The summed E-state index contributed by atoms with van der Waals surface area (Å²) in [4.78, 5) is 25.3. The van der Waals surface area contributed by atoms with Crippen molar-refractivity contribution >= 4 is 34.5 Å². The van der Waals surface area contributed by atoms with Gasteiger partial charge in [-0.2, -0.15) is 5.10 Å². The van der Waals surface area contributed by atoms with E-state index in [1.807, 2.05) is 0 Å². The van der Waals surface area contributed by atoms with E-state index in [2.05, 4.69) is 15.5 Å². The van der Waals surface area contributed by atoms with Gasteiger partial charge in [-0.1, -0.05) is 24.1 Å². The summed E-state index contributed by atoms with van der Waals surface area (Å²) in [6.07, 6.45) is 3.17. The van der Waals surface area contributed by atoms with Crippen molar-refractivity contribution in [1.82, 2.24) is 4.98 Å². The fraction of sp³-hybridized carbons (Fsp3) is 0.294. The van der Waals surface area contributed by atoms with Gasteiger partial charge in [0.2, 0.25) is 0 Å². The summed E-state index contributed by atoms with van der Waals surface area (Å²) in [7, 11) is 0. The van der Waals surface area contributed by atoms with Crippen LogP contribution in [0.3, 0.4) is 0 Å². The second-order valence-electron chi connectivity index (χ2n) is 6.12. The molecule has 0 saturated heterocycles. The van der Waals surface area contributed by atoms with Crippen molar-refractivity contribution in [2.45, 2.75) is 31.6 Å². The van der Waals surface area contributed by atoms with Crippen molar-refractivity contribution in [3.05, 3.63) is 67.3 Å². The molecule has 1 aromatic heterocycles. The van der Waals surface area contributed by atoms with Crippen molar-refractivity contribution in [3.8, 4) is 0 Å². The highest BCUT2D eigenvalue weighted by Crippen LogP contribution is 2.37. The summed E-state index contributed by atoms with van der Waals surface area (Å²) in [5, 5.41) is 27.1. The Bertz CT molecular complexity index is 918. The summed E-state index contributed by atoms with van der Waals surface area (Å²) in [6, 6.07) is 8.84. The molecular weight excluding hydrogens is 374 g/mol. The zero-order chi connectivity index (χ0) is 19.4. The minimum Gasteiger partial charge on any atom is -0.261 e. The Morgan fingerprint density at radius 2 is 1.96 bits per heavy atom. The lowest BCUT2D eigenvalue weighted by atomic mass is 9.81. The van der Waals surface area contributed by atoms with E-state index in [0.717, 1.165) is 24.6 Å². The van der Waals surface area contributed by atoms with Crippen LogP contribution in [0.5, 0.6) is 0 Å². The Kier molecular flexibility index (Phi) is 5.60. The molecule has 0 spiro atoms. The van der Waals surface area contributed by atoms with Gasteiger partial charge in [0.05, 0.1) is 15.9 Å². The number of non-ortho nitro benzene ring substituents is 1. The number of halogens is 1. The predicted molar refractivity (Wildman–Crippen MR) is 101 cm³/mol. The topological polar surface area (TPSA) is 124 Å². The first-order chi connectivity index (χ1) is 13.0. The highest BCUT2D eigenvalue weighted by Gasteiger charge is 2.30. The van der Waals surface area contributed by atoms with Gasteiger partial charge in [-0.15, -0.1) is 0 Å². The lowest BCUT2D eigenvalue weighted by molar-refractivity contribution is -0.394. The van der Waals surface area contributed by atoms with Crippen LogP contribution >= 0.6 is 11.6 Å². The predicted octanol–water partition coefficient (Wildman–Crippen LogP) is 4.68. The molecule has 2 aromatic rings. The summed E-state index contributed by atoms with van der Waals surface area (Å²) in [6.45, 7) is 0. The molecular formula is C17H16ClN5O4. The molecule has 1 heterocycles. The molecule has 1 aliphatic carbocycles. The van der Waals surface area contributed by atoms with Crippen molar-refractivity contribution in [3.63, 3.8) is 0 Å². The number of hydrogen-bond donors (Lipinski definition) is 1. The zero-order valence-electron chi connectivity index (χ0n) is 14.2. The zero-order valence-corrected chi connectivity index (χ0v) is 14.9. The Balaban J connectivity index is 1.94. The van der Waals surface area contributed by atoms with Crippen LogP contribution < -0.4 is 5.43 Å². The van der Waals surface area contributed by atoms with Crippen LogP contribution in [0.1, 0.15) is 37.2 Å². The number of aromatic nitrogens is 1. The molecule has 1 fully saturated rings. The van der Waals surface area contributed by atoms with Crippen LogP contribution in [0.4, 0.5) is 17.2 Å². The number of nitro groups is 2. The molecule has 27 heavy (non-hydrogen) atoms. The number of pyridine rings is 1. The van der Waals surface area contributed by atoms with Gasteiger partial charge in [-0.25, -0.2) is 4.98 Å². The third-order valence-electron chi connectivity index (χ3n) is 4.40. The fourth-order valence-electron chi connectivity index (χ4n) is 3.16. The number of hydrogen-bond acceptors (Lipinski definition) is 7. The van der Waals surface area contributed by atoms with E-state index in [1.165, 1.54) is 12.1 Å². The molecule has 0 radical (unpaired) electrons. The molecule has 3 rings (SSSR count). The fourth-order valence-corrected chi connectivity index (χ4v) is 3.33. The van der Waals surface area contributed by atoms with Gasteiger partial charge >= 0.3 is 0 Å². The second-order valence-corrected chi connectivity index (χ2v) is 6.50. The standard InChI is InChI=1S/C17H16ClN5O4/c18-16-6-3-7-17(19-16)21-20-14-5-2-1-4-12(14)13-9-8-11(22(24)25)10-15(13)23(26)27/h3,6-10,12H,1-2,4-5H2,(H,19,21)/b20-14+. The van der Waals surface area contributed by atoms with Crippen molar-refractivity contribution in [2.24, 2.45) is 5.10 Å². The maximum atomic E-state index is 11.5. The number of nitrogens with one attached hydrogen (secondary N) is 1. The molecule has 0 bridgehead atoms. The first-order valence-electron chi connectivity index (χ1n) is 8.33. The van der Waals surface area contributed by atoms with Crippen LogP contribution in [-0.2, 0) is 0 Å². The van der Waals surface area contributed by atoms with Gasteiger partial charge in [0, 0.05) is 23.3 Å². The monoisotopic (exact) mass is 389 g/mol. The average Bonchev–Trinajstić information content (AvgIpc) is 2.66. The van der Waals surface area contributed by atoms with Gasteiger partial charge in [0.15, 0.2) is 0 Å². The Labute approximate surface area is 159 Å². The molecule has 1 unspecified atom stereocenters. The minimum atomic E-state index is -0.640. The Morgan fingerprint density at radius 1 is 1.15 bits per heavy atom. The minimum absolute atomic E-state index is 0.260. The summed E-state index contributed by atoms with van der Waals surface area (Å²) in [5.74, 6) is 0.184. The molecule has 1 aromatic carbocycles. The van der Waals surface area contributed by atoms with E-state index in [-0.39, 0.29) is 17.3 Å². The van der Waals surface area contributed by atoms with Crippen LogP contribution in [-0.4, -0.2) is 20.5 Å². The maximum Gasteiger partial charge on any atom is 0.280 e. The molecule has 0 amide bonds. The average molecular weight is 390 g/mol. The van der Waals surface area contributed by atoms with E-state index >= 15 is 0 Å².